The van der Waals surface area contributed by atoms with E-state index in [1.54, 1.807) is 7.11 Å². The molecule has 0 unspecified atom stereocenters. The summed E-state index contributed by atoms with van der Waals surface area (Å²) in [6.45, 7) is 8.63. The third-order valence-corrected chi connectivity index (χ3v) is 3.59. The van der Waals surface area contributed by atoms with Crippen LogP contribution in [0.15, 0.2) is 18.2 Å². The summed E-state index contributed by atoms with van der Waals surface area (Å²) in [5.41, 5.74) is 2.58. The minimum Gasteiger partial charge on any atom is -0.496 e. The molecule has 0 aliphatic carbocycles. The molecule has 4 heteroatoms. The topological polar surface area (TPSA) is 36.5 Å². The molecule has 1 saturated heterocycles. The number of nitrogens with zero attached hydrogens (tertiary/aromatic N) is 1. The van der Waals surface area contributed by atoms with E-state index >= 15 is 0 Å². The van der Waals surface area contributed by atoms with Crippen molar-refractivity contribution >= 4 is 0 Å². The molecule has 0 aromatic heterocycles. The van der Waals surface area contributed by atoms with Crippen LogP contribution in [0, 0.1) is 6.92 Å². The molecule has 1 aromatic rings. The quantitative estimate of drug-likeness (QED) is 0.751. The lowest BCUT2D eigenvalue weighted by Crippen LogP contribution is -2.47. The summed E-state index contributed by atoms with van der Waals surface area (Å²) in [7, 11) is 1.72. The molecular formula is C15H25N3O. The zero-order valence-corrected chi connectivity index (χ0v) is 12.0. The van der Waals surface area contributed by atoms with Gasteiger partial charge in [-0.2, -0.15) is 0 Å². The van der Waals surface area contributed by atoms with Gasteiger partial charge in [0.25, 0.3) is 0 Å². The predicted molar refractivity (Wildman–Crippen MR) is 78.7 cm³/mol. The largest absolute Gasteiger partial charge is 0.496 e. The summed E-state index contributed by atoms with van der Waals surface area (Å²) in [5.74, 6) is 0.970. The Morgan fingerprint density at radius 3 is 2.79 bits per heavy atom. The Morgan fingerprint density at radius 2 is 2.11 bits per heavy atom. The molecule has 2 rings (SSSR count). The van der Waals surface area contributed by atoms with Crippen molar-refractivity contribution in [1.82, 2.24) is 15.5 Å². The highest BCUT2D eigenvalue weighted by Crippen LogP contribution is 2.18. The lowest BCUT2D eigenvalue weighted by molar-refractivity contribution is 0.224. The molecule has 2 N–H and O–H groups in total. The minimum absolute atomic E-state index is 0.970. The van der Waals surface area contributed by atoms with Crippen molar-refractivity contribution < 1.29 is 4.74 Å². The predicted octanol–water partition coefficient (Wildman–Crippen LogP) is 0.998. The van der Waals surface area contributed by atoms with Gasteiger partial charge >= 0.3 is 0 Å². The van der Waals surface area contributed by atoms with Gasteiger partial charge in [-0.25, -0.2) is 0 Å². The Hall–Kier alpha value is -1.10. The molecule has 0 bridgehead atoms. The maximum Gasteiger partial charge on any atom is 0.121 e. The van der Waals surface area contributed by atoms with Crippen molar-refractivity contribution in [3.8, 4) is 5.75 Å². The Bertz CT molecular complexity index is 389. The highest BCUT2D eigenvalue weighted by atomic mass is 16.5. The van der Waals surface area contributed by atoms with Crippen LogP contribution >= 0.6 is 0 Å². The molecule has 0 spiro atoms. The van der Waals surface area contributed by atoms with E-state index in [0.717, 1.165) is 51.6 Å². The van der Waals surface area contributed by atoms with Crippen molar-refractivity contribution in [3.05, 3.63) is 29.3 Å². The number of hydrogen-bond acceptors (Lipinski definition) is 4. The van der Waals surface area contributed by atoms with E-state index in [1.165, 1.54) is 11.1 Å². The number of methoxy groups -OCH3 is 1. The van der Waals surface area contributed by atoms with Crippen molar-refractivity contribution in [3.63, 3.8) is 0 Å². The number of piperazine rings is 1. The van der Waals surface area contributed by atoms with Crippen LogP contribution in [0.3, 0.4) is 0 Å². The second kappa shape index (κ2) is 7.48. The Labute approximate surface area is 116 Å². The average Bonchev–Trinajstić information content (AvgIpc) is 2.45. The molecule has 1 heterocycles. The Balaban J connectivity index is 1.69. The van der Waals surface area contributed by atoms with E-state index in [9.17, 15) is 0 Å². The van der Waals surface area contributed by atoms with Crippen LogP contribution < -0.4 is 15.4 Å². The van der Waals surface area contributed by atoms with Gasteiger partial charge in [-0.15, -0.1) is 0 Å². The van der Waals surface area contributed by atoms with Gasteiger partial charge in [0.05, 0.1) is 7.11 Å². The number of aryl methyl sites for hydroxylation is 1. The van der Waals surface area contributed by atoms with Gasteiger partial charge in [-0.05, 0) is 30.5 Å². The van der Waals surface area contributed by atoms with E-state index < -0.39 is 0 Å². The third kappa shape index (κ3) is 4.49. The van der Waals surface area contributed by atoms with Gasteiger partial charge in [0.1, 0.15) is 5.75 Å². The highest BCUT2D eigenvalue weighted by Gasteiger charge is 2.07. The molecule has 0 amide bonds. The number of ether oxygens (including phenoxy) is 1. The zero-order valence-electron chi connectivity index (χ0n) is 12.0. The van der Waals surface area contributed by atoms with E-state index in [-0.39, 0.29) is 0 Å². The summed E-state index contributed by atoms with van der Waals surface area (Å²) in [5, 5.41) is 6.89. The maximum absolute atomic E-state index is 5.28. The first-order valence-corrected chi connectivity index (χ1v) is 7.07. The molecule has 0 atom stereocenters. The maximum atomic E-state index is 5.28. The molecule has 19 heavy (non-hydrogen) atoms. The molecule has 0 radical (unpaired) electrons. The second-order valence-electron chi connectivity index (χ2n) is 5.08. The first-order chi connectivity index (χ1) is 9.29. The van der Waals surface area contributed by atoms with Crippen molar-refractivity contribution in [2.24, 2.45) is 0 Å². The fraction of sp³-hybridized carbons (Fsp3) is 0.600. The number of hydrogen-bond donors (Lipinski definition) is 2. The van der Waals surface area contributed by atoms with E-state index in [2.05, 4.69) is 40.7 Å². The summed E-state index contributed by atoms with van der Waals surface area (Å²) in [6.07, 6.45) is 1.07. The molecule has 1 aliphatic rings. The van der Waals surface area contributed by atoms with E-state index in [1.807, 2.05) is 0 Å². The normalized spacial score (nSPS) is 16.5. The molecule has 4 nitrogen and oxygen atoms in total. The van der Waals surface area contributed by atoms with Crippen molar-refractivity contribution in [2.45, 2.75) is 13.3 Å². The lowest BCUT2D eigenvalue weighted by atomic mass is 10.1. The standard InChI is InChI=1S/C15H25N3O/c1-13-11-14(3-4-15(13)19-2)5-6-17-12-18-9-7-16-8-10-18/h3-4,11,16-17H,5-10,12H2,1-2H3. The summed E-state index contributed by atoms with van der Waals surface area (Å²) < 4.78 is 5.28. The van der Waals surface area contributed by atoms with Crippen LogP contribution in [0.1, 0.15) is 11.1 Å². The molecule has 1 aliphatic heterocycles. The van der Waals surface area contributed by atoms with Crippen molar-refractivity contribution in [2.75, 3.05) is 46.5 Å². The van der Waals surface area contributed by atoms with Gasteiger partial charge in [-0.3, -0.25) is 4.90 Å². The van der Waals surface area contributed by atoms with Gasteiger partial charge in [-0.1, -0.05) is 12.1 Å². The highest BCUT2D eigenvalue weighted by molar-refractivity contribution is 5.36. The SMILES string of the molecule is COc1ccc(CCNCN2CCNCC2)cc1C. The monoisotopic (exact) mass is 263 g/mol. The van der Waals surface area contributed by atoms with E-state index in [4.69, 9.17) is 4.74 Å². The average molecular weight is 263 g/mol. The van der Waals surface area contributed by atoms with Crippen LogP contribution in [-0.4, -0.2) is 51.4 Å². The number of rotatable bonds is 6. The number of benzene rings is 1. The Kier molecular flexibility index (Phi) is 5.63. The van der Waals surface area contributed by atoms with Crippen LogP contribution in [0.2, 0.25) is 0 Å². The van der Waals surface area contributed by atoms with Crippen molar-refractivity contribution in [1.29, 1.82) is 0 Å². The van der Waals surface area contributed by atoms with Gasteiger partial charge in [0.15, 0.2) is 0 Å². The Morgan fingerprint density at radius 1 is 1.32 bits per heavy atom. The fourth-order valence-corrected chi connectivity index (χ4v) is 2.44. The van der Waals surface area contributed by atoms with Gasteiger partial charge in [0, 0.05) is 39.4 Å². The number of nitrogens with one attached hydrogen (secondary N) is 2. The summed E-state index contributed by atoms with van der Waals surface area (Å²) in [6, 6.07) is 6.42. The first-order valence-electron chi connectivity index (χ1n) is 7.07. The molecule has 1 fully saturated rings. The third-order valence-electron chi connectivity index (χ3n) is 3.59. The second-order valence-corrected chi connectivity index (χ2v) is 5.08. The minimum atomic E-state index is 0.970. The van der Waals surface area contributed by atoms with Crippen LogP contribution in [0.4, 0.5) is 0 Å². The fourth-order valence-electron chi connectivity index (χ4n) is 2.44. The van der Waals surface area contributed by atoms with E-state index in [0.29, 0.717) is 0 Å². The first kappa shape index (κ1) is 14.3. The van der Waals surface area contributed by atoms with Crippen LogP contribution in [0.25, 0.3) is 0 Å². The van der Waals surface area contributed by atoms with Gasteiger partial charge in [0.2, 0.25) is 0 Å². The molecular weight excluding hydrogens is 238 g/mol. The summed E-state index contributed by atoms with van der Waals surface area (Å²) in [4.78, 5) is 2.45. The lowest BCUT2D eigenvalue weighted by Gasteiger charge is -2.27. The van der Waals surface area contributed by atoms with Crippen LogP contribution in [0.5, 0.6) is 5.75 Å². The smallest absolute Gasteiger partial charge is 0.121 e. The molecule has 1 aromatic carbocycles. The summed E-state index contributed by atoms with van der Waals surface area (Å²) >= 11 is 0. The zero-order chi connectivity index (χ0) is 13.5. The molecule has 106 valence electrons. The van der Waals surface area contributed by atoms with Gasteiger partial charge < -0.3 is 15.4 Å². The van der Waals surface area contributed by atoms with Crippen LogP contribution in [-0.2, 0) is 6.42 Å². The molecule has 0 saturated carbocycles.